The maximum absolute atomic E-state index is 12.6. The number of aromatic nitrogens is 2. The topological polar surface area (TPSA) is 34.9 Å². The first-order valence-electron chi connectivity index (χ1n) is 7.12. The van der Waals surface area contributed by atoms with Crippen molar-refractivity contribution in [3.05, 3.63) is 75.1 Å². The van der Waals surface area contributed by atoms with Crippen LogP contribution in [0.5, 0.6) is 0 Å². The molecule has 0 N–H and O–H groups in total. The van der Waals surface area contributed by atoms with E-state index in [0.717, 1.165) is 17.7 Å². The highest BCUT2D eigenvalue weighted by molar-refractivity contribution is 7.13. The second-order valence-corrected chi connectivity index (χ2v) is 6.25. The van der Waals surface area contributed by atoms with E-state index in [2.05, 4.69) is 4.98 Å². The Bertz CT molecular complexity index is 911. The Morgan fingerprint density at radius 3 is 2.50 bits per heavy atom. The van der Waals surface area contributed by atoms with Gasteiger partial charge in [-0.2, -0.15) is 13.2 Å². The number of nitrogens with zero attached hydrogens (tertiary/aromatic N) is 2. The number of rotatable bonds is 3. The fourth-order valence-corrected chi connectivity index (χ4v) is 3.04. The Labute approximate surface area is 140 Å². The fraction of sp³-hybridized carbons (Fsp3) is 0.176. The molecule has 0 fully saturated rings. The van der Waals surface area contributed by atoms with E-state index >= 15 is 0 Å². The van der Waals surface area contributed by atoms with E-state index in [1.165, 1.54) is 23.5 Å². The molecule has 0 saturated carbocycles. The summed E-state index contributed by atoms with van der Waals surface area (Å²) >= 11 is 1.34. The Balaban J connectivity index is 1.81. The smallest absolute Gasteiger partial charge is 0.309 e. The maximum Gasteiger partial charge on any atom is 0.416 e. The Morgan fingerprint density at radius 2 is 1.88 bits per heavy atom. The molecule has 24 heavy (non-hydrogen) atoms. The number of alkyl halides is 3. The zero-order valence-corrected chi connectivity index (χ0v) is 13.5. The molecule has 0 radical (unpaired) electrons. The minimum absolute atomic E-state index is 0.112. The summed E-state index contributed by atoms with van der Waals surface area (Å²) in [7, 11) is 0. The lowest BCUT2D eigenvalue weighted by Gasteiger charge is -2.06. The first-order valence-corrected chi connectivity index (χ1v) is 8.00. The van der Waals surface area contributed by atoms with Crippen LogP contribution in [0.1, 0.15) is 16.8 Å². The highest BCUT2D eigenvalue weighted by atomic mass is 32.1. The molecule has 3 rings (SSSR count). The van der Waals surface area contributed by atoms with Crippen LogP contribution >= 0.6 is 11.3 Å². The Kier molecular flexibility index (Phi) is 4.28. The van der Waals surface area contributed by atoms with E-state index in [4.69, 9.17) is 0 Å². The molecule has 0 bridgehead atoms. The second-order valence-electron chi connectivity index (χ2n) is 5.39. The van der Waals surface area contributed by atoms with Gasteiger partial charge in [-0.3, -0.25) is 4.79 Å². The highest BCUT2D eigenvalue weighted by Gasteiger charge is 2.30. The van der Waals surface area contributed by atoms with E-state index in [1.807, 2.05) is 13.0 Å². The molecule has 0 aliphatic rings. The van der Waals surface area contributed by atoms with Gasteiger partial charge in [-0.05, 0) is 30.7 Å². The quantitative estimate of drug-likeness (QED) is 0.704. The summed E-state index contributed by atoms with van der Waals surface area (Å²) in [5, 5.41) is 2.43. The molecule has 124 valence electrons. The molecule has 3 nitrogen and oxygen atoms in total. The number of benzene rings is 1. The molecule has 3 aromatic rings. The minimum Gasteiger partial charge on any atom is -0.309 e. The molecule has 2 heterocycles. The highest BCUT2D eigenvalue weighted by Crippen LogP contribution is 2.31. The van der Waals surface area contributed by atoms with Crippen molar-refractivity contribution in [3.8, 4) is 10.6 Å². The summed E-state index contributed by atoms with van der Waals surface area (Å²) in [6.07, 6.45) is -2.64. The van der Waals surface area contributed by atoms with Gasteiger partial charge in [0.2, 0.25) is 0 Å². The lowest BCUT2D eigenvalue weighted by atomic mass is 10.1. The SMILES string of the molecule is Cc1ccn(Cc2csc(-c3ccc(C(F)(F)F)cc3)n2)c(=O)c1. The second kappa shape index (κ2) is 6.24. The number of thiazole rings is 1. The van der Waals surface area contributed by atoms with Crippen LogP contribution in [0.2, 0.25) is 0 Å². The van der Waals surface area contributed by atoms with Gasteiger partial charge in [-0.15, -0.1) is 11.3 Å². The molecule has 0 amide bonds. The van der Waals surface area contributed by atoms with Crippen LogP contribution in [0.25, 0.3) is 10.6 Å². The number of hydrogen-bond donors (Lipinski definition) is 0. The maximum atomic E-state index is 12.6. The van der Waals surface area contributed by atoms with Crippen molar-refractivity contribution in [2.75, 3.05) is 0 Å². The van der Waals surface area contributed by atoms with E-state index < -0.39 is 11.7 Å². The van der Waals surface area contributed by atoms with E-state index in [1.54, 1.807) is 22.2 Å². The number of pyridine rings is 1. The van der Waals surface area contributed by atoms with Gasteiger partial charge in [-0.1, -0.05) is 12.1 Å². The van der Waals surface area contributed by atoms with Crippen molar-refractivity contribution in [3.63, 3.8) is 0 Å². The van der Waals surface area contributed by atoms with Gasteiger partial charge in [0.15, 0.2) is 0 Å². The van der Waals surface area contributed by atoms with Crippen LogP contribution in [-0.2, 0) is 12.7 Å². The first-order chi connectivity index (χ1) is 11.3. The Hall–Kier alpha value is -2.41. The first kappa shape index (κ1) is 16.4. The van der Waals surface area contributed by atoms with E-state index in [9.17, 15) is 18.0 Å². The largest absolute Gasteiger partial charge is 0.416 e. The molecule has 0 saturated heterocycles. The van der Waals surface area contributed by atoms with Gasteiger partial charge in [0.1, 0.15) is 5.01 Å². The van der Waals surface area contributed by atoms with E-state index in [-0.39, 0.29) is 5.56 Å². The summed E-state index contributed by atoms with van der Waals surface area (Å²) in [5.41, 5.74) is 1.41. The fourth-order valence-electron chi connectivity index (χ4n) is 2.23. The molecule has 0 atom stereocenters. The van der Waals surface area contributed by atoms with Crippen LogP contribution < -0.4 is 5.56 Å². The molecular formula is C17H13F3N2OS. The molecule has 2 aromatic heterocycles. The molecular weight excluding hydrogens is 337 g/mol. The van der Waals surface area contributed by atoms with Crippen LogP contribution in [0.15, 0.2) is 52.8 Å². The van der Waals surface area contributed by atoms with E-state index in [0.29, 0.717) is 22.8 Å². The third kappa shape index (κ3) is 3.56. The van der Waals surface area contributed by atoms with Gasteiger partial charge >= 0.3 is 6.18 Å². The standard InChI is InChI=1S/C17H13F3N2OS/c1-11-6-7-22(15(23)8-11)9-14-10-24-16(21-14)12-2-4-13(5-3-12)17(18,19)20/h2-8,10H,9H2,1H3. The zero-order valence-electron chi connectivity index (χ0n) is 12.7. The third-order valence-corrected chi connectivity index (χ3v) is 4.44. The normalized spacial score (nSPS) is 11.7. The lowest BCUT2D eigenvalue weighted by Crippen LogP contribution is -2.19. The van der Waals surface area contributed by atoms with Crippen molar-refractivity contribution in [2.24, 2.45) is 0 Å². The van der Waals surface area contributed by atoms with Crippen molar-refractivity contribution in [2.45, 2.75) is 19.6 Å². The van der Waals surface area contributed by atoms with Gasteiger partial charge in [0.05, 0.1) is 17.8 Å². The monoisotopic (exact) mass is 350 g/mol. The molecule has 7 heteroatoms. The van der Waals surface area contributed by atoms with Gasteiger partial charge < -0.3 is 4.57 Å². The van der Waals surface area contributed by atoms with Crippen LogP contribution in [-0.4, -0.2) is 9.55 Å². The summed E-state index contributed by atoms with van der Waals surface area (Å²) in [6, 6.07) is 8.28. The number of hydrogen-bond acceptors (Lipinski definition) is 3. The van der Waals surface area contributed by atoms with Crippen LogP contribution in [0, 0.1) is 6.92 Å². The average Bonchev–Trinajstić information content (AvgIpc) is 2.98. The average molecular weight is 350 g/mol. The third-order valence-electron chi connectivity index (χ3n) is 3.49. The summed E-state index contributed by atoms with van der Waals surface area (Å²) in [5.74, 6) is 0. The zero-order chi connectivity index (χ0) is 17.3. The Morgan fingerprint density at radius 1 is 1.17 bits per heavy atom. The summed E-state index contributed by atoms with van der Waals surface area (Å²) in [4.78, 5) is 16.3. The number of aryl methyl sites for hydroxylation is 1. The minimum atomic E-state index is -4.35. The van der Waals surface area contributed by atoms with Gasteiger partial charge in [0, 0.05) is 23.2 Å². The predicted octanol–water partition coefficient (Wildman–Crippen LogP) is 4.35. The predicted molar refractivity (Wildman–Crippen MR) is 87.1 cm³/mol. The molecule has 0 aliphatic carbocycles. The van der Waals surface area contributed by atoms with Crippen molar-refractivity contribution in [1.29, 1.82) is 0 Å². The number of halogens is 3. The van der Waals surface area contributed by atoms with Gasteiger partial charge in [-0.25, -0.2) is 4.98 Å². The molecule has 0 unspecified atom stereocenters. The lowest BCUT2D eigenvalue weighted by molar-refractivity contribution is -0.137. The summed E-state index contributed by atoms with van der Waals surface area (Å²) in [6.45, 7) is 2.17. The van der Waals surface area contributed by atoms with Crippen molar-refractivity contribution in [1.82, 2.24) is 9.55 Å². The summed E-state index contributed by atoms with van der Waals surface area (Å²) < 4.78 is 39.3. The van der Waals surface area contributed by atoms with Crippen LogP contribution in [0.3, 0.4) is 0 Å². The molecule has 1 aromatic carbocycles. The van der Waals surface area contributed by atoms with Crippen molar-refractivity contribution >= 4 is 11.3 Å². The molecule has 0 spiro atoms. The molecule has 0 aliphatic heterocycles. The van der Waals surface area contributed by atoms with Crippen LogP contribution in [0.4, 0.5) is 13.2 Å². The van der Waals surface area contributed by atoms with Crippen molar-refractivity contribution < 1.29 is 13.2 Å². The van der Waals surface area contributed by atoms with Gasteiger partial charge in [0.25, 0.3) is 5.56 Å².